The molecule has 0 unspecified atom stereocenters. The lowest BCUT2D eigenvalue weighted by Gasteiger charge is -2.19. The molecule has 1 heterocycles. The molecular formula is C9H16N2S2. The van der Waals surface area contributed by atoms with E-state index in [1.165, 1.54) is 0 Å². The molecule has 0 aliphatic rings. The maximum absolute atomic E-state index is 4.51. The van der Waals surface area contributed by atoms with E-state index in [1.807, 2.05) is 24.0 Å². The van der Waals surface area contributed by atoms with Crippen LogP contribution in [0.25, 0.3) is 0 Å². The van der Waals surface area contributed by atoms with Crippen molar-refractivity contribution in [3.05, 3.63) is 18.0 Å². The van der Waals surface area contributed by atoms with E-state index < -0.39 is 0 Å². The zero-order chi connectivity index (χ0) is 9.90. The van der Waals surface area contributed by atoms with Crippen LogP contribution in [0, 0.1) is 0 Å². The highest BCUT2D eigenvalue weighted by Crippen LogP contribution is 2.21. The quantitative estimate of drug-likeness (QED) is 0.736. The summed E-state index contributed by atoms with van der Waals surface area (Å²) in [4.78, 5) is 0. The van der Waals surface area contributed by atoms with E-state index in [0.29, 0.717) is 0 Å². The Balaban J connectivity index is 2.43. The van der Waals surface area contributed by atoms with E-state index in [0.717, 1.165) is 24.3 Å². The van der Waals surface area contributed by atoms with Crippen molar-refractivity contribution in [3.63, 3.8) is 0 Å². The molecule has 0 amide bonds. The van der Waals surface area contributed by atoms with Crippen molar-refractivity contribution in [2.45, 2.75) is 24.5 Å². The van der Waals surface area contributed by atoms with Gasteiger partial charge in [-0.1, -0.05) is 0 Å². The van der Waals surface area contributed by atoms with Gasteiger partial charge in [-0.3, -0.25) is 4.68 Å². The first-order valence-corrected chi connectivity index (χ1v) is 5.43. The Bertz CT molecular complexity index is 268. The lowest BCUT2D eigenvalue weighted by molar-refractivity contribution is 0.636. The summed E-state index contributed by atoms with van der Waals surface area (Å²) in [6.07, 6.45) is 3.95. The van der Waals surface area contributed by atoms with Crippen molar-refractivity contribution in [2.75, 3.05) is 5.75 Å². The molecular weight excluding hydrogens is 200 g/mol. The molecule has 0 saturated heterocycles. The molecule has 1 aromatic rings. The minimum atomic E-state index is 0.0145. The number of hydrogen-bond donors (Lipinski definition) is 2. The van der Waals surface area contributed by atoms with Crippen LogP contribution in [0.15, 0.2) is 12.3 Å². The molecule has 74 valence electrons. The molecule has 13 heavy (non-hydrogen) atoms. The number of rotatable bonds is 4. The van der Waals surface area contributed by atoms with Gasteiger partial charge in [-0.05, 0) is 25.8 Å². The fourth-order valence-electron chi connectivity index (χ4n) is 1.07. The summed E-state index contributed by atoms with van der Waals surface area (Å²) in [7, 11) is 1.93. The minimum Gasteiger partial charge on any atom is -0.276 e. The molecule has 0 radical (unpaired) electrons. The fraction of sp³-hybridized carbons (Fsp3) is 0.667. The Morgan fingerprint density at radius 1 is 1.62 bits per heavy atom. The van der Waals surface area contributed by atoms with Gasteiger partial charge >= 0.3 is 0 Å². The Morgan fingerprint density at radius 2 is 2.31 bits per heavy atom. The molecule has 0 spiro atoms. The third kappa shape index (κ3) is 3.65. The summed E-state index contributed by atoms with van der Waals surface area (Å²) < 4.78 is 1.84. The van der Waals surface area contributed by atoms with Gasteiger partial charge < -0.3 is 0 Å². The molecule has 0 aliphatic carbocycles. The molecule has 4 heteroatoms. The van der Waals surface area contributed by atoms with E-state index in [1.54, 1.807) is 0 Å². The van der Waals surface area contributed by atoms with E-state index in [2.05, 4.69) is 37.3 Å². The van der Waals surface area contributed by atoms with Gasteiger partial charge in [0.2, 0.25) is 0 Å². The molecule has 0 aliphatic heterocycles. The molecule has 1 atom stereocenters. The van der Waals surface area contributed by atoms with Gasteiger partial charge in [0.25, 0.3) is 0 Å². The first-order chi connectivity index (χ1) is 6.03. The smallest absolute Gasteiger partial charge is 0.0625 e. The second kappa shape index (κ2) is 4.42. The largest absolute Gasteiger partial charge is 0.276 e. The average molecular weight is 216 g/mol. The number of thiol groups is 2. The summed E-state index contributed by atoms with van der Waals surface area (Å²) in [5.74, 6) is 0.795. The van der Waals surface area contributed by atoms with Gasteiger partial charge in [0.1, 0.15) is 0 Å². The lowest BCUT2D eigenvalue weighted by atomic mass is 10.1. The van der Waals surface area contributed by atoms with Gasteiger partial charge in [0, 0.05) is 23.7 Å². The molecule has 0 bridgehead atoms. The van der Waals surface area contributed by atoms with Crippen LogP contribution < -0.4 is 0 Å². The predicted octanol–water partition coefficient (Wildman–Crippen LogP) is 1.97. The minimum absolute atomic E-state index is 0.0145. The van der Waals surface area contributed by atoms with Gasteiger partial charge in [-0.2, -0.15) is 30.4 Å². The normalized spacial score (nSPS) is 15.7. The third-order valence-electron chi connectivity index (χ3n) is 2.03. The second-order valence-corrected chi connectivity index (χ2v) is 5.03. The van der Waals surface area contributed by atoms with Crippen molar-refractivity contribution in [1.29, 1.82) is 0 Å². The number of aromatic nitrogens is 2. The summed E-state index contributed by atoms with van der Waals surface area (Å²) in [5, 5.41) is 4.31. The highest BCUT2D eigenvalue weighted by Gasteiger charge is 2.16. The summed E-state index contributed by atoms with van der Waals surface area (Å²) in [6, 6.07) is 2.04. The van der Waals surface area contributed by atoms with Crippen molar-refractivity contribution in [3.8, 4) is 0 Å². The van der Waals surface area contributed by atoms with E-state index in [9.17, 15) is 0 Å². The lowest BCUT2D eigenvalue weighted by Crippen LogP contribution is -2.19. The third-order valence-corrected chi connectivity index (χ3v) is 3.36. The summed E-state index contributed by atoms with van der Waals surface area (Å²) >= 11 is 8.76. The van der Waals surface area contributed by atoms with Crippen molar-refractivity contribution in [2.24, 2.45) is 7.05 Å². The van der Waals surface area contributed by atoms with E-state index in [-0.39, 0.29) is 4.75 Å². The van der Waals surface area contributed by atoms with Crippen molar-refractivity contribution < 1.29 is 0 Å². The first-order valence-electron chi connectivity index (χ1n) is 4.35. The fourth-order valence-corrected chi connectivity index (χ4v) is 1.34. The van der Waals surface area contributed by atoms with Crippen LogP contribution in [0.3, 0.4) is 0 Å². The number of nitrogens with zero attached hydrogens (tertiary/aromatic N) is 2. The van der Waals surface area contributed by atoms with Crippen LogP contribution in [-0.4, -0.2) is 20.3 Å². The summed E-state index contributed by atoms with van der Waals surface area (Å²) in [6.45, 7) is 2.10. The van der Waals surface area contributed by atoms with Crippen LogP contribution in [0.4, 0.5) is 0 Å². The standard InChI is InChI=1S/C9H16N2S2/c1-9(13,7-12)5-3-8-4-6-11(2)10-8/h4,6,12-13H,3,5,7H2,1-2H3/t9-/m1/s1. The highest BCUT2D eigenvalue weighted by atomic mass is 32.1. The average Bonchev–Trinajstić information content (AvgIpc) is 2.48. The second-order valence-electron chi connectivity index (χ2n) is 3.64. The van der Waals surface area contributed by atoms with E-state index in [4.69, 9.17) is 0 Å². The zero-order valence-corrected chi connectivity index (χ0v) is 9.85. The van der Waals surface area contributed by atoms with E-state index >= 15 is 0 Å². The SMILES string of the molecule is Cn1ccc(CC[C@@](C)(S)CS)n1. The monoisotopic (exact) mass is 216 g/mol. The number of aryl methyl sites for hydroxylation is 2. The Labute approximate surface area is 90.5 Å². The Hall–Kier alpha value is -0.0900. The van der Waals surface area contributed by atoms with Crippen LogP contribution in [0.2, 0.25) is 0 Å². The molecule has 1 aromatic heterocycles. The van der Waals surface area contributed by atoms with Crippen LogP contribution in [0.5, 0.6) is 0 Å². The van der Waals surface area contributed by atoms with Gasteiger partial charge in [-0.15, -0.1) is 0 Å². The zero-order valence-electron chi connectivity index (χ0n) is 8.06. The van der Waals surface area contributed by atoms with Crippen LogP contribution in [0.1, 0.15) is 19.0 Å². The van der Waals surface area contributed by atoms with Crippen LogP contribution in [-0.2, 0) is 13.5 Å². The molecule has 0 saturated carbocycles. The Kier molecular flexibility index (Phi) is 3.74. The molecule has 1 rings (SSSR count). The van der Waals surface area contributed by atoms with Crippen molar-refractivity contribution in [1.82, 2.24) is 9.78 Å². The number of hydrogen-bond acceptors (Lipinski definition) is 3. The maximum Gasteiger partial charge on any atom is 0.0625 e. The van der Waals surface area contributed by atoms with Gasteiger partial charge in [0.15, 0.2) is 0 Å². The topological polar surface area (TPSA) is 17.8 Å². The summed E-state index contributed by atoms with van der Waals surface area (Å²) in [5.41, 5.74) is 1.13. The molecule has 0 aromatic carbocycles. The highest BCUT2D eigenvalue weighted by molar-refractivity contribution is 7.85. The predicted molar refractivity (Wildman–Crippen MR) is 62.8 cm³/mol. The maximum atomic E-state index is 4.51. The van der Waals surface area contributed by atoms with Crippen LogP contribution >= 0.6 is 25.3 Å². The van der Waals surface area contributed by atoms with Gasteiger partial charge in [-0.25, -0.2) is 0 Å². The van der Waals surface area contributed by atoms with Crippen molar-refractivity contribution >= 4 is 25.3 Å². The Morgan fingerprint density at radius 3 is 2.77 bits per heavy atom. The molecule has 2 nitrogen and oxygen atoms in total. The molecule has 0 fully saturated rings. The van der Waals surface area contributed by atoms with Gasteiger partial charge in [0.05, 0.1) is 5.69 Å². The first kappa shape index (κ1) is 11.0. The molecule has 0 N–H and O–H groups in total.